The van der Waals surface area contributed by atoms with E-state index in [1.54, 1.807) is 21.1 Å². The van der Waals surface area contributed by atoms with Crippen molar-refractivity contribution in [3.05, 3.63) is 29.8 Å². The van der Waals surface area contributed by atoms with Crippen molar-refractivity contribution in [3.8, 4) is 5.75 Å². The minimum absolute atomic E-state index is 0.288. The third-order valence-electron chi connectivity index (χ3n) is 3.58. The number of benzene rings is 1. The molecule has 1 aromatic rings. The number of hydrogen-bond donors (Lipinski definition) is 1. The summed E-state index contributed by atoms with van der Waals surface area (Å²) in [5.41, 5.74) is 0.478. The average Bonchev–Trinajstić information content (AvgIpc) is 2.53. The maximum absolute atomic E-state index is 11.7. The highest BCUT2D eigenvalue weighted by molar-refractivity contribution is 5.80. The van der Waals surface area contributed by atoms with Crippen LogP contribution in [0.15, 0.2) is 24.3 Å². The number of rotatable bonds is 9. The summed E-state index contributed by atoms with van der Waals surface area (Å²) in [5.74, 6) is 0.503. The third kappa shape index (κ3) is 5.36. The third-order valence-corrected chi connectivity index (χ3v) is 3.58. The number of esters is 1. The molecule has 0 saturated carbocycles. The summed E-state index contributed by atoms with van der Waals surface area (Å²) in [5, 5.41) is 2.98. The van der Waals surface area contributed by atoms with Crippen molar-refractivity contribution in [1.29, 1.82) is 0 Å². The Morgan fingerprint density at radius 2 is 1.86 bits per heavy atom. The molecule has 0 fully saturated rings. The Morgan fingerprint density at radius 1 is 1.19 bits per heavy atom. The molecule has 0 aliphatic heterocycles. The van der Waals surface area contributed by atoms with Crippen LogP contribution in [0.3, 0.4) is 0 Å². The van der Waals surface area contributed by atoms with E-state index in [0.717, 1.165) is 12.2 Å². The second kappa shape index (κ2) is 8.64. The number of nitrogens with one attached hydrogen (secondary N) is 1. The van der Waals surface area contributed by atoms with E-state index >= 15 is 0 Å². The van der Waals surface area contributed by atoms with Crippen molar-refractivity contribution in [2.45, 2.75) is 25.3 Å². The average molecular weight is 295 g/mol. The summed E-state index contributed by atoms with van der Waals surface area (Å²) < 4.78 is 15.5. The van der Waals surface area contributed by atoms with Crippen LogP contribution in [0.5, 0.6) is 5.75 Å². The summed E-state index contributed by atoms with van der Waals surface area (Å²) in [6.45, 7) is 2.94. The monoisotopic (exact) mass is 295 g/mol. The number of methoxy groups -OCH3 is 2. The van der Waals surface area contributed by atoms with Crippen molar-refractivity contribution in [2.75, 3.05) is 34.5 Å². The molecular formula is C16H25NO4. The Kier molecular flexibility index (Phi) is 7.19. The normalized spacial score (nSPS) is 13.5. The Balaban J connectivity index is 2.46. The fourth-order valence-corrected chi connectivity index (χ4v) is 1.90. The van der Waals surface area contributed by atoms with Crippen molar-refractivity contribution >= 4 is 5.97 Å². The van der Waals surface area contributed by atoms with Crippen molar-refractivity contribution < 1.29 is 19.0 Å². The van der Waals surface area contributed by atoms with Gasteiger partial charge in [-0.3, -0.25) is 4.79 Å². The lowest BCUT2D eigenvalue weighted by Crippen LogP contribution is -2.49. The lowest BCUT2D eigenvalue weighted by Gasteiger charge is -2.25. The maximum atomic E-state index is 11.7. The first kappa shape index (κ1) is 17.5. The highest BCUT2D eigenvalue weighted by Gasteiger charge is 2.32. The molecule has 0 amide bonds. The topological polar surface area (TPSA) is 56.8 Å². The van der Waals surface area contributed by atoms with E-state index in [1.165, 1.54) is 12.7 Å². The fourth-order valence-electron chi connectivity index (χ4n) is 1.90. The summed E-state index contributed by atoms with van der Waals surface area (Å²) in [6.07, 6.45) is 1.42. The second-order valence-corrected chi connectivity index (χ2v) is 5.06. The van der Waals surface area contributed by atoms with E-state index in [0.29, 0.717) is 19.6 Å². The molecule has 0 bridgehead atoms. The molecule has 5 heteroatoms. The van der Waals surface area contributed by atoms with Crippen LogP contribution < -0.4 is 10.1 Å². The zero-order valence-corrected chi connectivity index (χ0v) is 13.3. The molecular weight excluding hydrogens is 270 g/mol. The highest BCUT2D eigenvalue weighted by atomic mass is 16.5. The molecule has 5 nitrogen and oxygen atoms in total. The van der Waals surface area contributed by atoms with Gasteiger partial charge in [-0.1, -0.05) is 12.1 Å². The van der Waals surface area contributed by atoms with Gasteiger partial charge >= 0.3 is 5.97 Å². The fraction of sp³-hybridized carbons (Fsp3) is 0.562. The summed E-state index contributed by atoms with van der Waals surface area (Å²) >= 11 is 0. The lowest BCUT2D eigenvalue weighted by atomic mass is 9.99. The van der Waals surface area contributed by atoms with Gasteiger partial charge in [0, 0.05) is 13.5 Å². The minimum Gasteiger partial charge on any atom is -0.494 e. The van der Waals surface area contributed by atoms with E-state index in [1.807, 2.05) is 24.3 Å². The molecule has 0 radical (unpaired) electrons. The molecule has 21 heavy (non-hydrogen) atoms. The summed E-state index contributed by atoms with van der Waals surface area (Å²) in [7, 11) is 4.82. The van der Waals surface area contributed by atoms with Gasteiger partial charge in [0.1, 0.15) is 11.3 Å². The van der Waals surface area contributed by atoms with Crippen LogP contribution in [0, 0.1) is 0 Å². The molecule has 0 heterocycles. The van der Waals surface area contributed by atoms with Gasteiger partial charge < -0.3 is 19.5 Å². The van der Waals surface area contributed by atoms with Crippen LogP contribution in [0.1, 0.15) is 18.9 Å². The number of hydrogen-bond acceptors (Lipinski definition) is 5. The van der Waals surface area contributed by atoms with E-state index < -0.39 is 5.54 Å². The summed E-state index contributed by atoms with van der Waals surface area (Å²) in [6, 6.07) is 7.90. The van der Waals surface area contributed by atoms with Crippen LogP contribution in [0.25, 0.3) is 0 Å². The SMILES string of the molecule is CNC(C)(CCOc1ccc(CCOC)cc1)C(=O)OC. The predicted molar refractivity (Wildman–Crippen MR) is 81.6 cm³/mol. The van der Waals surface area contributed by atoms with Gasteiger partial charge in [-0.05, 0) is 38.1 Å². The van der Waals surface area contributed by atoms with Gasteiger partial charge in [0.05, 0.1) is 20.3 Å². The zero-order chi connectivity index (χ0) is 15.7. The van der Waals surface area contributed by atoms with Crippen LogP contribution in [0.4, 0.5) is 0 Å². The molecule has 1 N–H and O–H groups in total. The first-order valence-corrected chi connectivity index (χ1v) is 7.03. The predicted octanol–water partition coefficient (Wildman–Crippen LogP) is 1.80. The molecule has 1 rings (SSSR count). The lowest BCUT2D eigenvalue weighted by molar-refractivity contribution is -0.148. The molecule has 0 saturated heterocycles. The molecule has 0 aromatic heterocycles. The van der Waals surface area contributed by atoms with E-state index in [9.17, 15) is 4.79 Å². The maximum Gasteiger partial charge on any atom is 0.325 e. The van der Waals surface area contributed by atoms with E-state index in [4.69, 9.17) is 14.2 Å². The van der Waals surface area contributed by atoms with E-state index in [-0.39, 0.29) is 5.97 Å². The second-order valence-electron chi connectivity index (χ2n) is 5.06. The highest BCUT2D eigenvalue weighted by Crippen LogP contribution is 2.16. The van der Waals surface area contributed by atoms with Crippen molar-refractivity contribution in [3.63, 3.8) is 0 Å². The Labute approximate surface area is 126 Å². The number of likely N-dealkylation sites (N-methyl/N-ethyl adjacent to an activating group) is 1. The first-order chi connectivity index (χ1) is 10.1. The van der Waals surface area contributed by atoms with Gasteiger partial charge in [-0.2, -0.15) is 0 Å². The molecule has 1 atom stereocenters. The van der Waals surface area contributed by atoms with Gasteiger partial charge in [-0.15, -0.1) is 0 Å². The van der Waals surface area contributed by atoms with Gasteiger partial charge in [0.15, 0.2) is 0 Å². The Morgan fingerprint density at radius 3 is 2.38 bits per heavy atom. The van der Waals surface area contributed by atoms with E-state index in [2.05, 4.69) is 5.32 Å². The number of ether oxygens (including phenoxy) is 3. The molecule has 1 unspecified atom stereocenters. The van der Waals surface area contributed by atoms with Crippen LogP contribution >= 0.6 is 0 Å². The minimum atomic E-state index is -0.729. The largest absolute Gasteiger partial charge is 0.494 e. The molecule has 1 aromatic carbocycles. The van der Waals surface area contributed by atoms with Crippen LogP contribution in [0.2, 0.25) is 0 Å². The quantitative estimate of drug-likeness (QED) is 0.704. The molecule has 0 aliphatic rings. The first-order valence-electron chi connectivity index (χ1n) is 7.03. The standard InChI is InChI=1S/C16H25NO4/c1-16(17-2,15(18)20-4)10-12-21-14-7-5-13(6-8-14)9-11-19-3/h5-8,17H,9-12H2,1-4H3. The molecule has 118 valence electrons. The number of carbonyl (C=O) groups is 1. The number of carbonyl (C=O) groups excluding carboxylic acids is 1. The van der Waals surface area contributed by atoms with Gasteiger partial charge in [-0.25, -0.2) is 0 Å². The Hall–Kier alpha value is -1.59. The van der Waals surface area contributed by atoms with Gasteiger partial charge in [0.25, 0.3) is 0 Å². The van der Waals surface area contributed by atoms with Crippen LogP contribution in [-0.2, 0) is 20.7 Å². The van der Waals surface area contributed by atoms with Crippen LogP contribution in [-0.4, -0.2) is 46.0 Å². The van der Waals surface area contributed by atoms with Gasteiger partial charge in [0.2, 0.25) is 0 Å². The Bertz CT molecular complexity index is 432. The molecule has 0 aliphatic carbocycles. The van der Waals surface area contributed by atoms with Crippen molar-refractivity contribution in [2.24, 2.45) is 0 Å². The smallest absolute Gasteiger partial charge is 0.325 e. The molecule has 0 spiro atoms. The summed E-state index contributed by atoms with van der Waals surface area (Å²) in [4.78, 5) is 11.7. The zero-order valence-electron chi connectivity index (χ0n) is 13.3. The van der Waals surface area contributed by atoms with Crippen molar-refractivity contribution in [1.82, 2.24) is 5.32 Å².